The number of aromatic nitrogens is 2. The maximum atomic E-state index is 14.2. The topological polar surface area (TPSA) is 76.2 Å². The minimum absolute atomic E-state index is 0.442. The number of halogens is 1. The van der Waals surface area contributed by atoms with Gasteiger partial charge in [-0.1, -0.05) is 74.4 Å². The number of amidine groups is 2. The number of rotatable bonds is 2. The minimum atomic E-state index is -2.52. The van der Waals surface area contributed by atoms with E-state index in [-0.39, 0.29) is 0 Å². The van der Waals surface area contributed by atoms with E-state index in [4.69, 9.17) is 19.6 Å². The molecule has 4 aliphatic heterocycles. The molecule has 8 nitrogen and oxygen atoms in total. The summed E-state index contributed by atoms with van der Waals surface area (Å²) < 4.78 is 13.9. The fourth-order valence-corrected chi connectivity index (χ4v) is 7.21. The fourth-order valence-electron chi connectivity index (χ4n) is 6.94. The van der Waals surface area contributed by atoms with Gasteiger partial charge in [-0.2, -0.15) is 0 Å². The molecule has 0 spiro atoms. The molecule has 192 valence electrons. The van der Waals surface area contributed by atoms with E-state index in [9.17, 15) is 4.79 Å². The van der Waals surface area contributed by atoms with Crippen molar-refractivity contribution in [1.82, 2.24) is 8.96 Å². The van der Waals surface area contributed by atoms with E-state index < -0.39 is 12.7 Å². The number of benzene rings is 4. The smallest absolute Gasteiger partial charge is 0.570 e. The van der Waals surface area contributed by atoms with Crippen molar-refractivity contribution in [1.29, 1.82) is 0 Å². The summed E-state index contributed by atoms with van der Waals surface area (Å²) in [5.74, 6) is 2.40. The predicted molar refractivity (Wildman–Crippen MR) is 159 cm³/mol. The van der Waals surface area contributed by atoms with Crippen molar-refractivity contribution in [2.45, 2.75) is 0 Å². The summed E-state index contributed by atoms with van der Waals surface area (Å²) in [6, 6.07) is 31.6. The second-order valence-electron chi connectivity index (χ2n) is 10.6. The molecule has 6 aromatic rings. The number of hydrogen-bond donors (Lipinski definition) is 0. The van der Waals surface area contributed by atoms with Gasteiger partial charge < -0.3 is 18.1 Å². The zero-order valence-electron chi connectivity index (χ0n) is 21.2. The molecule has 0 bridgehead atoms. The van der Waals surface area contributed by atoms with E-state index in [1.54, 1.807) is 12.1 Å². The molecule has 0 aliphatic carbocycles. The van der Waals surface area contributed by atoms with Crippen LogP contribution in [0, 0.1) is 0 Å². The Labute approximate surface area is 240 Å². The van der Waals surface area contributed by atoms with Crippen LogP contribution in [0.15, 0.2) is 117 Å². The van der Waals surface area contributed by atoms with Crippen molar-refractivity contribution in [3.8, 4) is 0 Å². The normalized spacial score (nSPS) is 18.5. The van der Waals surface area contributed by atoms with Crippen molar-refractivity contribution in [3.05, 3.63) is 129 Å². The Balaban J connectivity index is 1.44. The molecule has 0 radical (unpaired) electrons. The molecule has 10 heteroatoms. The van der Waals surface area contributed by atoms with Gasteiger partial charge in [-0.05, 0) is 48.5 Å². The number of aliphatic imine (C=N–C) groups is 1. The number of hydrogen-bond acceptors (Lipinski definition) is 5. The summed E-state index contributed by atoms with van der Waals surface area (Å²) in [6.07, 6.45) is 0. The zero-order chi connectivity index (χ0) is 27.0. The first-order valence-corrected chi connectivity index (χ1v) is 14.1. The predicted octanol–water partition coefficient (Wildman–Crippen LogP) is 4.81. The lowest BCUT2D eigenvalue weighted by Gasteiger charge is -2.46. The first-order chi connectivity index (χ1) is 20.1. The largest absolute Gasteiger partial charge is 0.618 e. The monoisotopic (exact) mass is 594 g/mol. The van der Waals surface area contributed by atoms with E-state index in [2.05, 4.69) is 52.3 Å². The van der Waals surface area contributed by atoms with Gasteiger partial charge in [-0.25, -0.2) is 4.99 Å². The summed E-state index contributed by atoms with van der Waals surface area (Å²) in [5.41, 5.74) is 3.77. The SMILES string of the molecule is O=C(O[B-]12n3c4c5ccccc5c3N=c3c5ccccc5c(n31)=NC1=[N+]2C(=N4)c2ccccc21)c1ccc(Br)cc1. The number of fused-ring (bicyclic) bond motifs is 9. The minimum Gasteiger partial charge on any atom is -0.618 e. The number of nitrogens with zero attached hydrogens (tertiary/aromatic N) is 6. The van der Waals surface area contributed by atoms with Crippen LogP contribution in [0.2, 0.25) is 0 Å². The molecule has 4 aromatic carbocycles. The van der Waals surface area contributed by atoms with Crippen LogP contribution in [0.3, 0.4) is 0 Å². The molecule has 4 aliphatic rings. The molecule has 2 aromatic heterocycles. The van der Waals surface area contributed by atoms with Crippen LogP contribution in [0.1, 0.15) is 21.5 Å². The summed E-state index contributed by atoms with van der Waals surface area (Å²) in [7, 11) is 0. The highest BCUT2D eigenvalue weighted by molar-refractivity contribution is 9.10. The third-order valence-corrected chi connectivity index (χ3v) is 9.11. The Morgan fingerprint density at radius 3 is 1.98 bits per heavy atom. The highest BCUT2D eigenvalue weighted by atomic mass is 79.9. The van der Waals surface area contributed by atoms with Crippen LogP contribution in [-0.4, -0.2) is 37.8 Å². The summed E-state index contributed by atoms with van der Waals surface area (Å²) in [5, 5.41) is 3.79. The van der Waals surface area contributed by atoms with Gasteiger partial charge in [0.15, 0.2) is 11.3 Å². The second kappa shape index (κ2) is 7.16. The molecule has 0 saturated carbocycles. The van der Waals surface area contributed by atoms with Crippen LogP contribution in [0.4, 0.5) is 11.6 Å². The Morgan fingerprint density at radius 1 is 0.683 bits per heavy atom. The third kappa shape index (κ3) is 2.42. The molecule has 41 heavy (non-hydrogen) atoms. The first-order valence-electron chi connectivity index (χ1n) is 13.3. The maximum Gasteiger partial charge on any atom is 0.570 e. The van der Waals surface area contributed by atoms with E-state index in [1.807, 2.05) is 62.0 Å². The number of carbonyl (C=O) groups is 1. The van der Waals surface area contributed by atoms with Crippen LogP contribution < -0.4 is 11.0 Å². The molecule has 10 rings (SSSR count). The molecule has 0 N–H and O–H groups in total. The fraction of sp³-hybridized carbons (Fsp3) is 0. The Bertz CT molecular complexity index is 2440. The molecular weight excluding hydrogens is 579 g/mol. The quantitative estimate of drug-likeness (QED) is 0.270. The Kier molecular flexibility index (Phi) is 3.79. The van der Waals surface area contributed by atoms with Crippen LogP contribution in [-0.2, 0) is 4.65 Å². The van der Waals surface area contributed by atoms with Gasteiger partial charge in [0.2, 0.25) is 11.7 Å². The second-order valence-corrected chi connectivity index (χ2v) is 11.5. The lowest BCUT2D eigenvalue weighted by Crippen LogP contribution is -2.74. The standard InChI is InChI=1S/C31H16BBrN6O2/c33-18-15-13-17(14-16-18)31(40)41-32-37-25-19-7-1-2-8-20(19)26(37)35-28-23-11-5-6-12-24(23)30(39(28)32)36-29-22-10-4-3-9-21(22)27(34-25)38(29)32/h1-16H. The average Bonchev–Trinajstić information content (AvgIpc) is 3.63. The van der Waals surface area contributed by atoms with Gasteiger partial charge in [0, 0.05) is 26.0 Å². The summed E-state index contributed by atoms with van der Waals surface area (Å²) >= 11 is 3.48. The number of carbonyl (C=O) groups excluding carboxylic acids is 1. The Hall–Kier alpha value is -5.09. The van der Waals surface area contributed by atoms with Crippen molar-refractivity contribution in [2.24, 2.45) is 15.0 Å². The molecule has 6 heterocycles. The molecule has 1 atom stereocenters. The van der Waals surface area contributed by atoms with E-state index >= 15 is 0 Å². The van der Waals surface area contributed by atoms with Crippen LogP contribution in [0.25, 0.3) is 21.5 Å². The Morgan fingerprint density at radius 2 is 1.27 bits per heavy atom. The van der Waals surface area contributed by atoms with Gasteiger partial charge in [-0.3, -0.25) is 4.79 Å². The van der Waals surface area contributed by atoms with E-state index in [0.29, 0.717) is 39.8 Å². The van der Waals surface area contributed by atoms with E-state index in [0.717, 1.165) is 37.1 Å². The first kappa shape index (κ1) is 21.7. The van der Waals surface area contributed by atoms with Crippen LogP contribution in [0.5, 0.6) is 0 Å². The van der Waals surface area contributed by atoms with Crippen molar-refractivity contribution < 1.29 is 13.9 Å². The van der Waals surface area contributed by atoms with Gasteiger partial charge in [0.25, 0.3) is 5.97 Å². The zero-order valence-corrected chi connectivity index (χ0v) is 22.8. The highest BCUT2D eigenvalue weighted by Gasteiger charge is 2.59. The molecule has 1 unspecified atom stereocenters. The lowest BCUT2D eigenvalue weighted by molar-refractivity contribution is -0.293. The van der Waals surface area contributed by atoms with Gasteiger partial charge in [-0.15, -0.1) is 0 Å². The van der Waals surface area contributed by atoms with Crippen LogP contribution >= 0.6 is 15.9 Å². The molecule has 0 saturated heterocycles. The maximum absolute atomic E-state index is 14.2. The average molecular weight is 595 g/mol. The molecular formula is C31H16BBrN6O2. The molecule has 0 amide bonds. The molecule has 0 fully saturated rings. The van der Waals surface area contributed by atoms with Crippen molar-refractivity contribution >= 4 is 73.5 Å². The van der Waals surface area contributed by atoms with Gasteiger partial charge in [0.05, 0.1) is 16.7 Å². The van der Waals surface area contributed by atoms with Crippen molar-refractivity contribution in [3.63, 3.8) is 0 Å². The third-order valence-electron chi connectivity index (χ3n) is 8.59. The summed E-state index contributed by atoms with van der Waals surface area (Å²) in [4.78, 5) is 29.9. The van der Waals surface area contributed by atoms with Gasteiger partial charge in [0.1, 0.15) is 11.3 Å². The highest BCUT2D eigenvalue weighted by Crippen LogP contribution is 2.46. The summed E-state index contributed by atoms with van der Waals surface area (Å²) in [6.45, 7) is -2.52. The lowest BCUT2D eigenvalue weighted by atomic mass is 9.75. The van der Waals surface area contributed by atoms with Crippen molar-refractivity contribution in [2.75, 3.05) is 0 Å². The van der Waals surface area contributed by atoms with E-state index in [1.165, 1.54) is 0 Å². The van der Waals surface area contributed by atoms with Gasteiger partial charge >= 0.3 is 6.75 Å².